The van der Waals surface area contributed by atoms with E-state index in [4.69, 9.17) is 47.4 Å². The zero-order valence-corrected chi connectivity index (χ0v) is 24.8. The smallest absolute Gasteiger partial charge is 0.337 e. The lowest BCUT2D eigenvalue weighted by atomic mass is 9.94. The third-order valence-electron chi connectivity index (χ3n) is 8.09. The highest BCUT2D eigenvalue weighted by atomic mass is 16.8. The molecule has 12 atom stereocenters. The van der Waals surface area contributed by atoms with Gasteiger partial charge in [0.05, 0.1) is 27.4 Å². The van der Waals surface area contributed by atoms with E-state index in [2.05, 4.69) is 10.0 Å². The molecule has 0 aliphatic carbocycles. The molecule has 0 unspecified atom stereocenters. The normalized spacial score (nSPS) is 37.5. The Morgan fingerprint density at radius 2 is 1.78 bits per heavy atom. The van der Waals surface area contributed by atoms with Gasteiger partial charge in [-0.2, -0.15) is 0 Å². The van der Waals surface area contributed by atoms with Crippen molar-refractivity contribution in [2.45, 2.75) is 87.5 Å². The van der Waals surface area contributed by atoms with Gasteiger partial charge >= 0.3 is 5.97 Å². The van der Waals surface area contributed by atoms with Gasteiger partial charge in [0.25, 0.3) is 0 Å². The van der Waals surface area contributed by atoms with Crippen LogP contribution >= 0.6 is 0 Å². The Hall–Kier alpha value is -3.34. The number of rotatable bonds is 9. The SMILES string of the molecule is COC(=O)[C@H]1O[C@@H]2O[C@@H](C)O[C@@H]2[C@@H](O)[C@@H]1O[C@H]1O[C@@H]2CO[C@@H](c3ccccc3)O[C@H]2[C@H](OCc2ccc(OC)cc2)[C@H]1N=[N+]=[N-]. The van der Waals surface area contributed by atoms with Crippen molar-refractivity contribution < 1.29 is 57.3 Å². The van der Waals surface area contributed by atoms with E-state index in [1.165, 1.54) is 7.11 Å². The molecule has 0 aromatic heterocycles. The molecule has 4 heterocycles. The molecule has 15 heteroatoms. The van der Waals surface area contributed by atoms with Gasteiger partial charge in [0, 0.05) is 10.5 Å². The highest BCUT2D eigenvalue weighted by Gasteiger charge is 2.57. The number of carbonyl (C=O) groups is 1. The average molecular weight is 630 g/mol. The van der Waals surface area contributed by atoms with Crippen molar-refractivity contribution in [1.29, 1.82) is 0 Å². The molecule has 4 aliphatic heterocycles. The van der Waals surface area contributed by atoms with Crippen LogP contribution in [0.2, 0.25) is 0 Å². The van der Waals surface area contributed by atoms with Crippen LogP contribution in [0.4, 0.5) is 0 Å². The van der Waals surface area contributed by atoms with Crippen LogP contribution < -0.4 is 4.74 Å². The number of nitrogens with zero attached hydrogens (tertiary/aromatic N) is 3. The van der Waals surface area contributed by atoms with Crippen molar-refractivity contribution in [1.82, 2.24) is 0 Å². The molecule has 4 fully saturated rings. The second kappa shape index (κ2) is 14.0. The van der Waals surface area contributed by atoms with Crippen molar-refractivity contribution in [3.63, 3.8) is 0 Å². The standard InChI is InChI=1S/C30H35N3O12/c1-15-40-25-21(34)24(26(27(35)37-3)45-30(25)41-15)44-29-20(32-33-31)23(38-13-16-9-11-18(36-2)12-10-16)22-19(42-29)14-39-28(43-22)17-7-5-4-6-8-17/h4-12,15,19-26,28-30,34H,13-14H2,1-3H3/t15-,19+,20+,21-,22+,23+,24-,25+,26-,28+,29+,30-/m0/s1. The molecule has 0 saturated carbocycles. The number of fused-ring (bicyclic) bond motifs is 2. The molecule has 1 N–H and O–H groups in total. The molecule has 0 bridgehead atoms. The van der Waals surface area contributed by atoms with Gasteiger partial charge in [-0.1, -0.05) is 47.6 Å². The Morgan fingerprint density at radius 3 is 2.49 bits per heavy atom. The molecule has 0 radical (unpaired) electrons. The first-order valence-electron chi connectivity index (χ1n) is 14.5. The Balaban J connectivity index is 1.29. The molecule has 6 rings (SSSR count). The van der Waals surface area contributed by atoms with Crippen molar-refractivity contribution in [3.05, 3.63) is 76.2 Å². The minimum atomic E-state index is -1.41. The number of hydrogen-bond acceptors (Lipinski definition) is 13. The fraction of sp³-hybridized carbons (Fsp3) is 0.567. The van der Waals surface area contributed by atoms with E-state index in [9.17, 15) is 15.4 Å². The summed E-state index contributed by atoms with van der Waals surface area (Å²) in [5, 5.41) is 15.3. The molecular weight excluding hydrogens is 594 g/mol. The molecule has 2 aromatic carbocycles. The van der Waals surface area contributed by atoms with Crippen LogP contribution in [0.3, 0.4) is 0 Å². The maximum absolute atomic E-state index is 12.8. The maximum atomic E-state index is 12.8. The zero-order valence-electron chi connectivity index (χ0n) is 24.8. The van der Waals surface area contributed by atoms with E-state index in [-0.39, 0.29) is 13.2 Å². The summed E-state index contributed by atoms with van der Waals surface area (Å²) in [6.07, 6.45) is -11.3. The summed E-state index contributed by atoms with van der Waals surface area (Å²) in [7, 11) is 2.76. The van der Waals surface area contributed by atoms with Gasteiger partial charge in [0.1, 0.15) is 48.4 Å². The zero-order chi connectivity index (χ0) is 31.5. The summed E-state index contributed by atoms with van der Waals surface area (Å²) >= 11 is 0. The Morgan fingerprint density at radius 1 is 1.00 bits per heavy atom. The van der Waals surface area contributed by atoms with Gasteiger partial charge in [-0.05, 0) is 30.2 Å². The average Bonchev–Trinajstić information content (AvgIpc) is 3.46. The monoisotopic (exact) mass is 629 g/mol. The summed E-state index contributed by atoms with van der Waals surface area (Å²) in [4.78, 5) is 15.8. The third kappa shape index (κ3) is 6.64. The highest BCUT2D eigenvalue weighted by Crippen LogP contribution is 2.40. The fourth-order valence-corrected chi connectivity index (χ4v) is 5.87. The number of esters is 1. The molecule has 0 amide bonds. The summed E-state index contributed by atoms with van der Waals surface area (Å²) in [6, 6.07) is 15.5. The minimum absolute atomic E-state index is 0.0821. The quantitative estimate of drug-likeness (QED) is 0.186. The Kier molecular flexibility index (Phi) is 9.82. The number of azide groups is 1. The van der Waals surface area contributed by atoms with E-state index in [0.717, 1.165) is 11.1 Å². The number of aliphatic hydroxyl groups is 1. The van der Waals surface area contributed by atoms with E-state index >= 15 is 0 Å². The van der Waals surface area contributed by atoms with Crippen molar-refractivity contribution in [2.75, 3.05) is 20.8 Å². The molecule has 4 aliphatic rings. The summed E-state index contributed by atoms with van der Waals surface area (Å²) in [6.45, 7) is 1.84. The lowest BCUT2D eigenvalue weighted by molar-refractivity contribution is -0.364. The molecule has 4 saturated heterocycles. The van der Waals surface area contributed by atoms with Gasteiger partial charge in [0.2, 0.25) is 0 Å². The number of methoxy groups -OCH3 is 2. The second-order valence-electron chi connectivity index (χ2n) is 10.9. The van der Waals surface area contributed by atoms with Crippen LogP contribution in [0.1, 0.15) is 24.3 Å². The summed E-state index contributed by atoms with van der Waals surface area (Å²) < 4.78 is 58.6. The topological polar surface area (TPSA) is 178 Å². The predicted octanol–water partition coefficient (Wildman–Crippen LogP) is 2.50. The Labute approximate surface area is 258 Å². The van der Waals surface area contributed by atoms with Gasteiger partial charge in [-0.3, -0.25) is 0 Å². The maximum Gasteiger partial charge on any atom is 0.337 e. The van der Waals surface area contributed by atoms with E-state index in [0.29, 0.717) is 5.75 Å². The first kappa shape index (κ1) is 31.6. The highest BCUT2D eigenvalue weighted by molar-refractivity contribution is 5.75. The van der Waals surface area contributed by atoms with Crippen LogP contribution in [0.15, 0.2) is 59.7 Å². The first-order valence-corrected chi connectivity index (χ1v) is 14.5. The van der Waals surface area contributed by atoms with Gasteiger partial charge in [0.15, 0.2) is 31.3 Å². The van der Waals surface area contributed by atoms with Crippen molar-refractivity contribution in [2.24, 2.45) is 5.11 Å². The predicted molar refractivity (Wildman–Crippen MR) is 150 cm³/mol. The number of benzene rings is 2. The minimum Gasteiger partial charge on any atom is -0.497 e. The molecule has 15 nitrogen and oxygen atoms in total. The number of aliphatic hydroxyl groups excluding tert-OH is 1. The molecular formula is C30H35N3O12. The first-order chi connectivity index (χ1) is 21.9. The van der Waals surface area contributed by atoms with Crippen LogP contribution in [0, 0.1) is 0 Å². The van der Waals surface area contributed by atoms with Gasteiger partial charge < -0.3 is 52.5 Å². The van der Waals surface area contributed by atoms with Crippen LogP contribution in [-0.2, 0) is 54.0 Å². The largest absolute Gasteiger partial charge is 0.497 e. The number of ether oxygens (including phenoxy) is 10. The van der Waals surface area contributed by atoms with E-state index < -0.39 is 79.9 Å². The number of hydrogen-bond donors (Lipinski definition) is 1. The number of carbonyl (C=O) groups excluding carboxylic acids is 1. The van der Waals surface area contributed by atoms with Crippen LogP contribution in [0.5, 0.6) is 5.75 Å². The van der Waals surface area contributed by atoms with Gasteiger partial charge in [-0.25, -0.2) is 4.79 Å². The molecule has 0 spiro atoms. The lowest BCUT2D eigenvalue weighted by Crippen LogP contribution is -2.66. The summed E-state index contributed by atoms with van der Waals surface area (Å²) in [5.74, 6) is -0.123. The van der Waals surface area contributed by atoms with Crippen LogP contribution in [0.25, 0.3) is 10.4 Å². The van der Waals surface area contributed by atoms with E-state index in [1.807, 2.05) is 42.5 Å². The third-order valence-corrected chi connectivity index (χ3v) is 8.09. The lowest BCUT2D eigenvalue weighted by Gasteiger charge is -2.49. The molecule has 45 heavy (non-hydrogen) atoms. The van der Waals surface area contributed by atoms with Crippen molar-refractivity contribution in [3.8, 4) is 5.75 Å². The second-order valence-corrected chi connectivity index (χ2v) is 10.9. The van der Waals surface area contributed by atoms with Crippen molar-refractivity contribution >= 4 is 5.97 Å². The molecule has 2 aromatic rings. The summed E-state index contributed by atoms with van der Waals surface area (Å²) in [5.41, 5.74) is 11.2. The van der Waals surface area contributed by atoms with E-state index in [1.54, 1.807) is 26.2 Å². The fourth-order valence-electron chi connectivity index (χ4n) is 5.87. The van der Waals surface area contributed by atoms with Crippen LogP contribution in [-0.4, -0.2) is 99.5 Å². The molecule has 242 valence electrons. The van der Waals surface area contributed by atoms with Gasteiger partial charge in [-0.15, -0.1) is 0 Å². The Bertz CT molecular complexity index is 1350.